The monoisotopic (exact) mass is 145 g/mol. The summed E-state index contributed by atoms with van der Waals surface area (Å²) in [5, 5.41) is 0. The molecular formula is C6H13N2O2+. The van der Waals surface area contributed by atoms with Crippen LogP contribution in [0.15, 0.2) is 0 Å². The highest BCUT2D eigenvalue weighted by Crippen LogP contribution is 1.92. The average Bonchev–Trinajstić information content (AvgIpc) is 1.82. The maximum absolute atomic E-state index is 10.4. The maximum Gasteiger partial charge on any atom is 0.275 e. The number of hydrogen-bond donors (Lipinski definition) is 2. The van der Waals surface area contributed by atoms with E-state index in [9.17, 15) is 9.59 Å². The first kappa shape index (κ1) is 9.10. The second-order valence-electron chi connectivity index (χ2n) is 2.34. The molecule has 0 aromatic carbocycles. The van der Waals surface area contributed by atoms with E-state index in [0.29, 0.717) is 12.8 Å². The van der Waals surface area contributed by atoms with E-state index in [1.165, 1.54) is 6.92 Å². The van der Waals surface area contributed by atoms with Gasteiger partial charge in [0.15, 0.2) is 6.04 Å². The highest BCUT2D eigenvalue weighted by molar-refractivity contribution is 5.80. The molecule has 0 rings (SSSR count). The highest BCUT2D eigenvalue weighted by atomic mass is 16.1. The Bertz CT molecular complexity index is 145. The van der Waals surface area contributed by atoms with Crippen LogP contribution in [0.2, 0.25) is 0 Å². The van der Waals surface area contributed by atoms with Gasteiger partial charge in [-0.3, -0.25) is 4.79 Å². The van der Waals surface area contributed by atoms with Gasteiger partial charge in [0.2, 0.25) is 0 Å². The standard InChI is InChI=1S/C6H12N2O2/c1-4(9)2-3-5(7)6(8)10/h5H,2-3,7H2,1H3,(H2,8,10)/p+1/t5-/m0/s1. The number of ketones is 1. The highest BCUT2D eigenvalue weighted by Gasteiger charge is 2.12. The number of hydrogen-bond acceptors (Lipinski definition) is 2. The third kappa shape index (κ3) is 4.03. The van der Waals surface area contributed by atoms with Crippen LogP contribution in [0.4, 0.5) is 0 Å². The first-order chi connectivity index (χ1) is 4.54. The quantitative estimate of drug-likeness (QED) is 0.501. The normalized spacial score (nSPS) is 12.6. The van der Waals surface area contributed by atoms with Crippen LogP contribution in [-0.4, -0.2) is 17.7 Å². The smallest absolute Gasteiger partial charge is 0.275 e. The molecule has 0 bridgehead atoms. The summed E-state index contributed by atoms with van der Waals surface area (Å²) in [5.41, 5.74) is 8.39. The summed E-state index contributed by atoms with van der Waals surface area (Å²) in [6.45, 7) is 1.48. The van der Waals surface area contributed by atoms with E-state index < -0.39 is 11.9 Å². The van der Waals surface area contributed by atoms with Crippen LogP contribution in [0.5, 0.6) is 0 Å². The predicted octanol–water partition coefficient (Wildman–Crippen LogP) is -1.55. The zero-order valence-corrected chi connectivity index (χ0v) is 6.09. The molecule has 0 aliphatic heterocycles. The molecule has 0 aromatic heterocycles. The van der Waals surface area contributed by atoms with E-state index in [4.69, 9.17) is 5.73 Å². The molecule has 0 aliphatic carbocycles. The van der Waals surface area contributed by atoms with Gasteiger partial charge < -0.3 is 16.3 Å². The van der Waals surface area contributed by atoms with Crippen LogP contribution in [0.3, 0.4) is 0 Å². The van der Waals surface area contributed by atoms with Gasteiger partial charge in [-0.1, -0.05) is 0 Å². The molecule has 0 aromatic rings. The fourth-order valence-corrected chi connectivity index (χ4v) is 0.520. The molecule has 0 aliphatic rings. The van der Waals surface area contributed by atoms with Crippen LogP contribution in [0, 0.1) is 0 Å². The summed E-state index contributed by atoms with van der Waals surface area (Å²) in [6, 6.07) is -0.427. The summed E-state index contributed by atoms with van der Waals surface area (Å²) in [6.07, 6.45) is 0.849. The number of nitrogens with two attached hydrogens (primary N) is 1. The van der Waals surface area contributed by atoms with Gasteiger partial charge in [0.05, 0.1) is 0 Å². The van der Waals surface area contributed by atoms with Gasteiger partial charge in [-0.05, 0) is 6.92 Å². The molecule has 0 heterocycles. The zero-order chi connectivity index (χ0) is 8.15. The van der Waals surface area contributed by atoms with Crippen molar-refractivity contribution in [1.29, 1.82) is 0 Å². The lowest BCUT2D eigenvalue weighted by atomic mass is 10.1. The van der Waals surface area contributed by atoms with Crippen molar-refractivity contribution < 1.29 is 15.3 Å². The molecule has 10 heavy (non-hydrogen) atoms. The molecule has 1 atom stereocenters. The summed E-state index contributed by atoms with van der Waals surface area (Å²) in [5.74, 6) is -0.379. The van der Waals surface area contributed by atoms with Crippen LogP contribution in [-0.2, 0) is 9.59 Å². The van der Waals surface area contributed by atoms with Crippen molar-refractivity contribution in [2.45, 2.75) is 25.8 Å². The molecule has 0 radical (unpaired) electrons. The molecular weight excluding hydrogens is 132 g/mol. The predicted molar refractivity (Wildman–Crippen MR) is 35.8 cm³/mol. The van der Waals surface area contributed by atoms with Gasteiger partial charge in [-0.15, -0.1) is 0 Å². The zero-order valence-electron chi connectivity index (χ0n) is 6.09. The Morgan fingerprint density at radius 3 is 2.40 bits per heavy atom. The van der Waals surface area contributed by atoms with Gasteiger partial charge in [0.1, 0.15) is 5.78 Å². The number of rotatable bonds is 4. The number of Topliss-reactive ketones (excluding diaryl/α,β-unsaturated/α-hetero) is 1. The Balaban J connectivity index is 3.49. The van der Waals surface area contributed by atoms with Crippen molar-refractivity contribution in [3.63, 3.8) is 0 Å². The number of carbonyl (C=O) groups excluding carboxylic acids is 2. The first-order valence-corrected chi connectivity index (χ1v) is 3.16. The molecule has 0 spiro atoms. The van der Waals surface area contributed by atoms with Crippen LogP contribution in [0.1, 0.15) is 19.8 Å². The van der Waals surface area contributed by atoms with Crippen molar-refractivity contribution in [2.24, 2.45) is 5.73 Å². The molecule has 0 fully saturated rings. The Morgan fingerprint density at radius 1 is 1.60 bits per heavy atom. The van der Waals surface area contributed by atoms with Crippen LogP contribution >= 0.6 is 0 Å². The molecule has 5 N–H and O–H groups in total. The minimum absolute atomic E-state index is 0.0647. The average molecular weight is 145 g/mol. The summed E-state index contributed by atoms with van der Waals surface area (Å²) in [7, 11) is 0. The number of amides is 1. The first-order valence-electron chi connectivity index (χ1n) is 3.16. The number of carbonyl (C=O) groups is 2. The van der Waals surface area contributed by atoms with Crippen molar-refractivity contribution in [2.75, 3.05) is 0 Å². The molecule has 1 amide bonds. The van der Waals surface area contributed by atoms with E-state index in [0.717, 1.165) is 0 Å². The fraction of sp³-hybridized carbons (Fsp3) is 0.667. The lowest BCUT2D eigenvalue weighted by Gasteiger charge is -2.00. The van der Waals surface area contributed by atoms with Gasteiger partial charge in [0.25, 0.3) is 5.91 Å². The lowest BCUT2D eigenvalue weighted by Crippen LogP contribution is -2.66. The number of quaternary nitrogens is 1. The topological polar surface area (TPSA) is 87.8 Å². The minimum atomic E-state index is -0.443. The SMILES string of the molecule is CC(=O)CC[C@H]([NH3+])C(N)=O. The Hall–Kier alpha value is -0.900. The van der Waals surface area contributed by atoms with Crippen LogP contribution < -0.4 is 11.5 Å². The van der Waals surface area contributed by atoms with Gasteiger partial charge in [-0.25, -0.2) is 0 Å². The fourth-order valence-electron chi connectivity index (χ4n) is 0.520. The minimum Gasteiger partial charge on any atom is -0.365 e. The summed E-state index contributed by atoms with van der Waals surface area (Å²) in [4.78, 5) is 20.8. The maximum atomic E-state index is 10.4. The second-order valence-corrected chi connectivity index (χ2v) is 2.34. The van der Waals surface area contributed by atoms with E-state index >= 15 is 0 Å². The molecule has 58 valence electrons. The molecule has 0 saturated carbocycles. The van der Waals surface area contributed by atoms with E-state index in [-0.39, 0.29) is 5.78 Å². The largest absolute Gasteiger partial charge is 0.365 e. The summed E-state index contributed by atoms with van der Waals surface area (Å²) >= 11 is 0. The molecule has 4 nitrogen and oxygen atoms in total. The molecule has 0 saturated heterocycles. The lowest BCUT2D eigenvalue weighted by molar-refractivity contribution is -0.404. The van der Waals surface area contributed by atoms with Gasteiger partial charge in [0, 0.05) is 12.8 Å². The van der Waals surface area contributed by atoms with Crippen molar-refractivity contribution in [3.05, 3.63) is 0 Å². The van der Waals surface area contributed by atoms with Crippen molar-refractivity contribution >= 4 is 11.7 Å². The number of primary amides is 1. The van der Waals surface area contributed by atoms with Gasteiger partial charge in [-0.2, -0.15) is 0 Å². The Labute approximate surface area is 59.6 Å². The second kappa shape index (κ2) is 4.00. The van der Waals surface area contributed by atoms with E-state index in [1.807, 2.05) is 0 Å². The van der Waals surface area contributed by atoms with Crippen LogP contribution in [0.25, 0.3) is 0 Å². The van der Waals surface area contributed by atoms with E-state index in [2.05, 4.69) is 5.73 Å². The third-order valence-electron chi connectivity index (χ3n) is 1.25. The molecule has 0 unspecified atom stereocenters. The van der Waals surface area contributed by atoms with E-state index in [1.54, 1.807) is 0 Å². The third-order valence-corrected chi connectivity index (χ3v) is 1.25. The Kier molecular flexibility index (Phi) is 3.64. The van der Waals surface area contributed by atoms with Crippen molar-refractivity contribution in [1.82, 2.24) is 0 Å². The Morgan fingerprint density at radius 2 is 2.10 bits per heavy atom. The molecule has 4 heteroatoms. The summed E-state index contributed by atoms with van der Waals surface area (Å²) < 4.78 is 0. The van der Waals surface area contributed by atoms with Gasteiger partial charge >= 0.3 is 0 Å². The van der Waals surface area contributed by atoms with Crippen molar-refractivity contribution in [3.8, 4) is 0 Å².